The first kappa shape index (κ1) is 23.5. The number of halogens is 2. The van der Waals surface area contributed by atoms with Crippen molar-refractivity contribution < 1.29 is 4.79 Å². The normalized spacial score (nSPS) is 29.5. The third-order valence-electron chi connectivity index (χ3n) is 6.70. The van der Waals surface area contributed by atoms with Crippen LogP contribution in [0.15, 0.2) is 30.3 Å². The molecule has 3 saturated heterocycles. The van der Waals surface area contributed by atoms with Crippen LogP contribution in [-0.4, -0.2) is 54.0 Å². The van der Waals surface area contributed by atoms with Gasteiger partial charge in [-0.25, -0.2) is 0 Å². The fourth-order valence-electron chi connectivity index (χ4n) is 5.27. The molecule has 1 N–H and O–H groups in total. The number of nitrogens with one attached hydrogen (secondary N) is 1. The number of piperidine rings is 2. The van der Waals surface area contributed by atoms with Crippen molar-refractivity contribution in [3.05, 3.63) is 35.9 Å². The van der Waals surface area contributed by atoms with E-state index in [1.807, 2.05) is 7.05 Å². The topological polar surface area (TPSA) is 35.6 Å². The van der Waals surface area contributed by atoms with Gasteiger partial charge < -0.3 is 10.2 Å². The van der Waals surface area contributed by atoms with Gasteiger partial charge in [-0.3, -0.25) is 9.69 Å². The molecule has 4 nitrogen and oxygen atoms in total. The van der Waals surface area contributed by atoms with Gasteiger partial charge in [-0.2, -0.15) is 0 Å². The highest BCUT2D eigenvalue weighted by atomic mass is 35.5. The molecule has 158 valence electrons. The molecule has 1 amide bonds. The highest BCUT2D eigenvalue weighted by molar-refractivity contribution is 5.85. The number of fused-ring (bicyclic) bond motifs is 2. The number of likely N-dealkylation sites (N-methyl/N-ethyl adjacent to an activating group) is 1. The smallest absolute Gasteiger partial charge is 0.222 e. The second-order valence-corrected chi connectivity index (χ2v) is 8.70. The summed E-state index contributed by atoms with van der Waals surface area (Å²) in [5, 5.41) is 3.68. The van der Waals surface area contributed by atoms with Gasteiger partial charge in [-0.15, -0.1) is 24.8 Å². The fourth-order valence-corrected chi connectivity index (χ4v) is 5.27. The van der Waals surface area contributed by atoms with Crippen LogP contribution in [-0.2, 0) is 11.3 Å². The number of hydrogen-bond acceptors (Lipinski definition) is 3. The molecule has 3 atom stereocenters. The second-order valence-electron chi connectivity index (χ2n) is 8.70. The van der Waals surface area contributed by atoms with E-state index in [9.17, 15) is 4.79 Å². The van der Waals surface area contributed by atoms with Gasteiger partial charge in [0, 0.05) is 44.7 Å². The molecule has 4 rings (SSSR count). The predicted octanol–water partition coefficient (Wildman–Crippen LogP) is 3.87. The van der Waals surface area contributed by atoms with Gasteiger partial charge in [0.05, 0.1) is 0 Å². The number of nitrogens with zero attached hydrogens (tertiary/aromatic N) is 2. The average molecular weight is 428 g/mol. The van der Waals surface area contributed by atoms with Crippen molar-refractivity contribution in [3.8, 4) is 0 Å². The summed E-state index contributed by atoms with van der Waals surface area (Å²) in [6, 6.07) is 12.4. The largest absolute Gasteiger partial charge is 0.341 e. The summed E-state index contributed by atoms with van der Waals surface area (Å²) in [6.45, 7) is 3.15. The Hall–Kier alpha value is -0.810. The number of hydrogen-bond donors (Lipinski definition) is 1. The van der Waals surface area contributed by atoms with Crippen LogP contribution in [0.1, 0.15) is 50.5 Å². The van der Waals surface area contributed by atoms with E-state index in [0.29, 0.717) is 30.0 Å². The van der Waals surface area contributed by atoms with Gasteiger partial charge >= 0.3 is 0 Å². The number of carbonyl (C=O) groups is 1. The molecule has 0 aromatic heterocycles. The highest BCUT2D eigenvalue weighted by Gasteiger charge is 2.35. The maximum Gasteiger partial charge on any atom is 0.222 e. The molecule has 0 saturated carbocycles. The van der Waals surface area contributed by atoms with Crippen LogP contribution in [0.25, 0.3) is 0 Å². The molecular weight excluding hydrogens is 393 g/mol. The van der Waals surface area contributed by atoms with Crippen molar-refractivity contribution in [1.82, 2.24) is 15.1 Å². The Balaban J connectivity index is 0.00000140. The average Bonchev–Trinajstić information content (AvgIpc) is 3.00. The van der Waals surface area contributed by atoms with Crippen molar-refractivity contribution in [3.63, 3.8) is 0 Å². The van der Waals surface area contributed by atoms with E-state index in [0.717, 1.165) is 32.5 Å². The number of benzene rings is 1. The fraction of sp³-hybridized carbons (Fsp3) is 0.682. The summed E-state index contributed by atoms with van der Waals surface area (Å²) < 4.78 is 0. The summed E-state index contributed by atoms with van der Waals surface area (Å²) in [5.41, 5.74) is 1.37. The van der Waals surface area contributed by atoms with E-state index >= 15 is 0 Å². The maximum atomic E-state index is 12.9. The van der Waals surface area contributed by atoms with Crippen molar-refractivity contribution >= 4 is 30.7 Å². The maximum absolute atomic E-state index is 12.9. The Morgan fingerprint density at radius 2 is 1.79 bits per heavy atom. The predicted molar refractivity (Wildman–Crippen MR) is 119 cm³/mol. The molecule has 0 radical (unpaired) electrons. The SMILES string of the molecule is CN(C(=O)CC1CC2CCC(C1)N2)C1CCCN(Cc2ccccc2)C1.Cl.Cl. The lowest BCUT2D eigenvalue weighted by Gasteiger charge is -2.38. The highest BCUT2D eigenvalue weighted by Crippen LogP contribution is 2.33. The molecule has 28 heavy (non-hydrogen) atoms. The van der Waals surface area contributed by atoms with Gasteiger partial charge in [0.15, 0.2) is 0 Å². The number of rotatable bonds is 5. The summed E-state index contributed by atoms with van der Waals surface area (Å²) in [6.07, 6.45) is 8.09. The summed E-state index contributed by atoms with van der Waals surface area (Å²) in [4.78, 5) is 17.5. The zero-order valence-electron chi connectivity index (χ0n) is 16.9. The van der Waals surface area contributed by atoms with Gasteiger partial charge in [0.25, 0.3) is 0 Å². The van der Waals surface area contributed by atoms with Gasteiger partial charge in [-0.1, -0.05) is 30.3 Å². The summed E-state index contributed by atoms with van der Waals surface area (Å²) in [7, 11) is 2.04. The zero-order valence-corrected chi connectivity index (χ0v) is 18.5. The van der Waals surface area contributed by atoms with Crippen LogP contribution in [0, 0.1) is 5.92 Å². The van der Waals surface area contributed by atoms with Crippen LogP contribution in [0.5, 0.6) is 0 Å². The third-order valence-corrected chi connectivity index (χ3v) is 6.70. The van der Waals surface area contributed by atoms with Gasteiger partial charge in [-0.05, 0) is 56.6 Å². The lowest BCUT2D eigenvalue weighted by Crippen LogP contribution is -2.49. The molecule has 1 aromatic rings. The molecule has 3 aliphatic heterocycles. The van der Waals surface area contributed by atoms with Crippen molar-refractivity contribution in [1.29, 1.82) is 0 Å². The third kappa shape index (κ3) is 5.85. The first-order valence-corrected chi connectivity index (χ1v) is 10.5. The van der Waals surface area contributed by atoms with E-state index in [1.165, 1.54) is 37.7 Å². The molecule has 1 aromatic carbocycles. The van der Waals surface area contributed by atoms with Crippen LogP contribution < -0.4 is 5.32 Å². The number of carbonyl (C=O) groups excluding carboxylic acids is 1. The Labute approximate surface area is 182 Å². The van der Waals surface area contributed by atoms with E-state index < -0.39 is 0 Å². The molecule has 0 aliphatic carbocycles. The van der Waals surface area contributed by atoms with Crippen LogP contribution in [0.3, 0.4) is 0 Å². The molecule has 2 bridgehead atoms. The number of amides is 1. The minimum Gasteiger partial charge on any atom is -0.341 e. The first-order valence-electron chi connectivity index (χ1n) is 10.5. The van der Waals surface area contributed by atoms with Crippen molar-refractivity contribution in [2.75, 3.05) is 20.1 Å². The van der Waals surface area contributed by atoms with Crippen LogP contribution >= 0.6 is 24.8 Å². The molecular formula is C22H35Cl2N3O. The monoisotopic (exact) mass is 427 g/mol. The Kier molecular flexibility index (Phi) is 9.07. The van der Waals surface area contributed by atoms with Crippen molar-refractivity contribution in [2.24, 2.45) is 5.92 Å². The second kappa shape index (κ2) is 10.8. The first-order chi connectivity index (χ1) is 12.7. The van der Waals surface area contributed by atoms with E-state index in [2.05, 4.69) is 45.4 Å². The summed E-state index contributed by atoms with van der Waals surface area (Å²) in [5.74, 6) is 0.954. The van der Waals surface area contributed by atoms with Gasteiger partial charge in [0.2, 0.25) is 5.91 Å². The molecule has 3 aliphatic rings. The summed E-state index contributed by atoms with van der Waals surface area (Å²) >= 11 is 0. The number of likely N-dealkylation sites (tertiary alicyclic amines) is 1. The Morgan fingerprint density at radius 1 is 1.11 bits per heavy atom. The Morgan fingerprint density at radius 3 is 2.46 bits per heavy atom. The Bertz CT molecular complexity index is 603. The lowest BCUT2D eigenvalue weighted by molar-refractivity contribution is -0.134. The van der Waals surface area contributed by atoms with Crippen LogP contribution in [0.2, 0.25) is 0 Å². The van der Waals surface area contributed by atoms with E-state index in [-0.39, 0.29) is 24.8 Å². The minimum absolute atomic E-state index is 0. The standard InChI is InChI=1S/C22H33N3O.2ClH/c1-24(22(26)14-18-12-19-9-10-20(13-18)23-19)21-8-5-11-25(16-21)15-17-6-3-2-4-7-17;;/h2-4,6-7,18-21,23H,5,8-16H2,1H3;2*1H. The van der Waals surface area contributed by atoms with Crippen LogP contribution in [0.4, 0.5) is 0 Å². The molecule has 0 spiro atoms. The molecule has 3 fully saturated rings. The van der Waals surface area contributed by atoms with E-state index in [1.54, 1.807) is 0 Å². The lowest BCUT2D eigenvalue weighted by atomic mass is 9.89. The quantitative estimate of drug-likeness (QED) is 0.774. The minimum atomic E-state index is 0. The van der Waals surface area contributed by atoms with Gasteiger partial charge in [0.1, 0.15) is 0 Å². The molecule has 3 heterocycles. The zero-order chi connectivity index (χ0) is 17.9. The molecule has 3 unspecified atom stereocenters. The van der Waals surface area contributed by atoms with Crippen molar-refractivity contribution in [2.45, 2.75) is 69.6 Å². The van der Waals surface area contributed by atoms with E-state index in [4.69, 9.17) is 0 Å². The molecule has 6 heteroatoms.